The predicted molar refractivity (Wildman–Crippen MR) is 52.9 cm³/mol. The van der Waals surface area contributed by atoms with Gasteiger partial charge in [-0.3, -0.25) is 0 Å². The smallest absolute Gasteiger partial charge is 0.238 e. The van der Waals surface area contributed by atoms with E-state index in [0.717, 1.165) is 0 Å². The summed E-state index contributed by atoms with van der Waals surface area (Å²) >= 11 is 0. The SMILES string of the molecule is CC.CC(C)N1CCOCS1(=O)=O. The maximum absolute atomic E-state index is 11.2. The van der Waals surface area contributed by atoms with Gasteiger partial charge in [0.25, 0.3) is 0 Å². The molecular weight excluding hydrogens is 190 g/mol. The van der Waals surface area contributed by atoms with Crippen molar-refractivity contribution >= 4 is 10.0 Å². The van der Waals surface area contributed by atoms with E-state index in [4.69, 9.17) is 4.74 Å². The first-order valence-corrected chi connectivity index (χ1v) is 6.22. The lowest BCUT2D eigenvalue weighted by Gasteiger charge is -2.29. The average molecular weight is 209 g/mol. The first-order valence-electron chi connectivity index (χ1n) is 4.61. The summed E-state index contributed by atoms with van der Waals surface area (Å²) in [5, 5.41) is 0. The van der Waals surface area contributed by atoms with E-state index >= 15 is 0 Å². The van der Waals surface area contributed by atoms with E-state index in [-0.39, 0.29) is 12.0 Å². The van der Waals surface area contributed by atoms with Crippen molar-refractivity contribution in [3.63, 3.8) is 0 Å². The maximum atomic E-state index is 11.2. The lowest BCUT2D eigenvalue weighted by molar-refractivity contribution is 0.123. The monoisotopic (exact) mass is 209 g/mol. The van der Waals surface area contributed by atoms with Gasteiger partial charge in [-0.25, -0.2) is 8.42 Å². The van der Waals surface area contributed by atoms with Gasteiger partial charge in [0.2, 0.25) is 10.0 Å². The molecule has 0 saturated carbocycles. The largest absolute Gasteiger partial charge is 0.363 e. The molecule has 0 bridgehead atoms. The summed E-state index contributed by atoms with van der Waals surface area (Å²) in [6.07, 6.45) is 0. The zero-order valence-corrected chi connectivity index (χ0v) is 9.60. The van der Waals surface area contributed by atoms with Crippen LogP contribution in [0.3, 0.4) is 0 Å². The Hall–Kier alpha value is -0.130. The Bertz CT molecular complexity index is 224. The van der Waals surface area contributed by atoms with Crippen LogP contribution in [0.15, 0.2) is 0 Å². The van der Waals surface area contributed by atoms with E-state index in [1.165, 1.54) is 4.31 Å². The molecule has 80 valence electrons. The molecule has 0 atom stereocenters. The van der Waals surface area contributed by atoms with Gasteiger partial charge in [-0.2, -0.15) is 4.31 Å². The Morgan fingerprint density at radius 1 is 1.31 bits per heavy atom. The van der Waals surface area contributed by atoms with Gasteiger partial charge in [-0.15, -0.1) is 0 Å². The zero-order valence-electron chi connectivity index (χ0n) is 8.78. The second-order valence-corrected chi connectivity index (χ2v) is 4.71. The molecule has 1 rings (SSSR count). The Kier molecular flexibility index (Phi) is 5.51. The molecular formula is C8H19NO3S. The fourth-order valence-corrected chi connectivity index (χ4v) is 2.56. The number of rotatable bonds is 1. The molecule has 1 aliphatic heterocycles. The van der Waals surface area contributed by atoms with Crippen LogP contribution in [0.4, 0.5) is 0 Å². The van der Waals surface area contributed by atoms with Gasteiger partial charge in [-0.05, 0) is 13.8 Å². The van der Waals surface area contributed by atoms with Crippen LogP contribution < -0.4 is 0 Å². The fourth-order valence-electron chi connectivity index (χ4n) is 1.10. The zero-order chi connectivity index (χ0) is 10.5. The van der Waals surface area contributed by atoms with Crippen molar-refractivity contribution in [3.8, 4) is 0 Å². The van der Waals surface area contributed by atoms with Crippen LogP contribution in [-0.2, 0) is 14.8 Å². The highest BCUT2D eigenvalue weighted by Gasteiger charge is 2.28. The van der Waals surface area contributed by atoms with Crippen molar-refractivity contribution in [3.05, 3.63) is 0 Å². The third-order valence-corrected chi connectivity index (χ3v) is 3.40. The molecule has 1 fully saturated rings. The van der Waals surface area contributed by atoms with Crippen LogP contribution in [0, 0.1) is 0 Å². The highest BCUT2D eigenvalue weighted by Crippen LogP contribution is 2.11. The Labute approximate surface area is 80.9 Å². The minimum atomic E-state index is -3.11. The molecule has 1 heterocycles. The standard InChI is InChI=1S/C6H13NO3S.C2H6/c1-6(2)7-3-4-10-5-11(7,8)9;1-2/h6H,3-5H2,1-2H3;1-2H3. The molecule has 13 heavy (non-hydrogen) atoms. The van der Waals surface area contributed by atoms with Gasteiger partial charge < -0.3 is 4.74 Å². The minimum Gasteiger partial charge on any atom is -0.363 e. The van der Waals surface area contributed by atoms with Crippen molar-refractivity contribution in [1.29, 1.82) is 0 Å². The Morgan fingerprint density at radius 2 is 1.85 bits per heavy atom. The van der Waals surface area contributed by atoms with E-state index in [0.29, 0.717) is 13.2 Å². The Morgan fingerprint density at radius 3 is 2.15 bits per heavy atom. The summed E-state index contributed by atoms with van der Waals surface area (Å²) in [6, 6.07) is 0.0453. The minimum absolute atomic E-state index is 0.0453. The highest BCUT2D eigenvalue weighted by atomic mass is 32.2. The number of sulfonamides is 1. The van der Waals surface area contributed by atoms with Crippen molar-refractivity contribution in [2.24, 2.45) is 0 Å². The van der Waals surface area contributed by atoms with Gasteiger partial charge in [-0.1, -0.05) is 13.8 Å². The lowest BCUT2D eigenvalue weighted by atomic mass is 10.4. The van der Waals surface area contributed by atoms with Gasteiger partial charge in [0, 0.05) is 12.6 Å². The van der Waals surface area contributed by atoms with Crippen molar-refractivity contribution in [2.75, 3.05) is 19.1 Å². The van der Waals surface area contributed by atoms with Crippen LogP contribution in [0.2, 0.25) is 0 Å². The molecule has 0 amide bonds. The summed E-state index contributed by atoms with van der Waals surface area (Å²) in [5.41, 5.74) is 0. The molecule has 0 aliphatic carbocycles. The summed E-state index contributed by atoms with van der Waals surface area (Å²) < 4.78 is 28.8. The summed E-state index contributed by atoms with van der Waals surface area (Å²) in [5.74, 6) is -0.162. The van der Waals surface area contributed by atoms with Crippen LogP contribution >= 0.6 is 0 Å². The van der Waals surface area contributed by atoms with Gasteiger partial charge >= 0.3 is 0 Å². The van der Waals surface area contributed by atoms with Crippen LogP contribution in [-0.4, -0.2) is 37.9 Å². The van der Waals surface area contributed by atoms with Gasteiger partial charge in [0.1, 0.15) is 0 Å². The predicted octanol–water partition coefficient (Wildman–Crippen LogP) is 1.04. The third-order valence-electron chi connectivity index (χ3n) is 1.62. The number of nitrogens with zero attached hydrogens (tertiary/aromatic N) is 1. The number of hydrogen-bond acceptors (Lipinski definition) is 3. The highest BCUT2D eigenvalue weighted by molar-refractivity contribution is 7.89. The van der Waals surface area contributed by atoms with E-state index < -0.39 is 10.0 Å². The molecule has 1 aliphatic rings. The summed E-state index contributed by atoms with van der Waals surface area (Å²) in [4.78, 5) is 0. The Balaban J connectivity index is 0.000000671. The van der Waals surface area contributed by atoms with Crippen molar-refractivity contribution in [2.45, 2.75) is 33.7 Å². The van der Waals surface area contributed by atoms with Crippen molar-refractivity contribution < 1.29 is 13.2 Å². The quantitative estimate of drug-likeness (QED) is 0.648. The topological polar surface area (TPSA) is 46.6 Å². The second kappa shape index (κ2) is 5.57. The van der Waals surface area contributed by atoms with E-state index in [1.54, 1.807) is 0 Å². The molecule has 0 radical (unpaired) electrons. The average Bonchev–Trinajstić information content (AvgIpc) is 2.06. The van der Waals surface area contributed by atoms with Crippen LogP contribution in [0.5, 0.6) is 0 Å². The number of hydrogen-bond donors (Lipinski definition) is 0. The van der Waals surface area contributed by atoms with Gasteiger partial charge in [0.05, 0.1) is 6.61 Å². The second-order valence-electron chi connectivity index (χ2n) is 2.84. The molecule has 0 aromatic heterocycles. The van der Waals surface area contributed by atoms with E-state index in [9.17, 15) is 8.42 Å². The molecule has 0 aromatic rings. The summed E-state index contributed by atoms with van der Waals surface area (Å²) in [7, 11) is -3.11. The maximum Gasteiger partial charge on any atom is 0.238 e. The molecule has 5 heteroatoms. The van der Waals surface area contributed by atoms with E-state index in [2.05, 4.69) is 0 Å². The van der Waals surface area contributed by atoms with Crippen LogP contribution in [0.25, 0.3) is 0 Å². The fraction of sp³-hybridized carbons (Fsp3) is 1.00. The normalized spacial score (nSPS) is 22.2. The van der Waals surface area contributed by atoms with Crippen molar-refractivity contribution in [1.82, 2.24) is 4.31 Å². The first-order chi connectivity index (χ1) is 6.04. The molecule has 1 saturated heterocycles. The van der Waals surface area contributed by atoms with E-state index in [1.807, 2.05) is 27.7 Å². The summed E-state index contributed by atoms with van der Waals surface area (Å²) in [6.45, 7) is 8.73. The number of ether oxygens (including phenoxy) is 1. The molecule has 4 nitrogen and oxygen atoms in total. The third kappa shape index (κ3) is 3.62. The first kappa shape index (κ1) is 12.9. The molecule has 0 unspecified atom stereocenters. The lowest BCUT2D eigenvalue weighted by Crippen LogP contribution is -2.44. The molecule has 0 N–H and O–H groups in total. The molecule has 0 spiro atoms. The molecule has 0 aromatic carbocycles. The van der Waals surface area contributed by atoms with Crippen LogP contribution in [0.1, 0.15) is 27.7 Å². The van der Waals surface area contributed by atoms with Gasteiger partial charge in [0.15, 0.2) is 5.94 Å².